The molecule has 2 nitrogen and oxygen atoms in total. The molecule has 1 aliphatic rings. The molecule has 1 heterocycles. The zero-order chi connectivity index (χ0) is 12.6. The number of halogens is 4. The molecule has 0 amide bonds. The normalized spacial score (nSPS) is 16.8. The third kappa shape index (κ3) is 2.57. The summed E-state index contributed by atoms with van der Waals surface area (Å²) in [5.74, 6) is 0. The van der Waals surface area contributed by atoms with Gasteiger partial charge in [-0.2, -0.15) is 13.2 Å². The largest absolute Gasteiger partial charge is 0.418 e. The molecule has 0 saturated carbocycles. The first-order chi connectivity index (χ1) is 7.89. The molecule has 0 atom stereocenters. The zero-order valence-electron chi connectivity index (χ0n) is 9.18. The molecule has 1 aromatic carbocycles. The summed E-state index contributed by atoms with van der Waals surface area (Å²) in [5.41, 5.74) is -0.367. The molecular weight excluding hydrogens is 297 g/mol. The van der Waals surface area contributed by atoms with Crippen LogP contribution in [0.5, 0.6) is 0 Å². The second kappa shape index (κ2) is 4.49. The van der Waals surface area contributed by atoms with Crippen molar-refractivity contribution in [3.63, 3.8) is 0 Å². The van der Waals surface area contributed by atoms with E-state index in [9.17, 15) is 13.2 Å². The van der Waals surface area contributed by atoms with Crippen molar-refractivity contribution in [2.24, 2.45) is 0 Å². The molecule has 1 saturated heterocycles. The van der Waals surface area contributed by atoms with Gasteiger partial charge in [-0.15, -0.1) is 0 Å². The van der Waals surface area contributed by atoms with E-state index in [2.05, 4.69) is 21.2 Å². The van der Waals surface area contributed by atoms with E-state index in [0.717, 1.165) is 19.2 Å². The Labute approximate surface area is 106 Å². The molecule has 2 rings (SSSR count). The molecule has 1 aromatic rings. The van der Waals surface area contributed by atoms with Crippen molar-refractivity contribution < 1.29 is 13.2 Å². The van der Waals surface area contributed by atoms with Crippen LogP contribution in [0.25, 0.3) is 0 Å². The maximum atomic E-state index is 12.9. The van der Waals surface area contributed by atoms with Crippen molar-refractivity contribution in [3.8, 4) is 0 Å². The number of likely N-dealkylation sites (N-methyl/N-ethyl adjacent to an activating group) is 1. The van der Waals surface area contributed by atoms with E-state index in [1.165, 1.54) is 12.1 Å². The Kier molecular flexibility index (Phi) is 3.36. The Balaban J connectivity index is 2.39. The number of hydrogen-bond acceptors (Lipinski definition) is 2. The number of benzene rings is 1. The minimum Gasteiger partial charge on any atom is -0.369 e. The summed E-state index contributed by atoms with van der Waals surface area (Å²) in [6, 6.07) is 4.17. The first kappa shape index (κ1) is 12.7. The summed E-state index contributed by atoms with van der Waals surface area (Å²) in [6.45, 7) is 1.45. The number of nitrogens with one attached hydrogen (secondary N) is 1. The molecule has 0 spiro atoms. The monoisotopic (exact) mass is 308 g/mol. The third-order valence-corrected chi connectivity index (χ3v) is 3.45. The van der Waals surface area contributed by atoms with Crippen molar-refractivity contribution >= 4 is 21.6 Å². The molecule has 6 heteroatoms. The molecule has 1 N–H and O–H groups in total. The summed E-state index contributed by atoms with van der Waals surface area (Å²) in [5, 5.41) is 3.05. The lowest BCUT2D eigenvalue weighted by Crippen LogP contribution is -2.56. The van der Waals surface area contributed by atoms with Gasteiger partial charge in [0.2, 0.25) is 0 Å². The van der Waals surface area contributed by atoms with Gasteiger partial charge in [0.1, 0.15) is 0 Å². The molecule has 0 aliphatic carbocycles. The Morgan fingerprint density at radius 2 is 2.00 bits per heavy atom. The molecule has 0 unspecified atom stereocenters. The van der Waals surface area contributed by atoms with Gasteiger partial charge in [0.15, 0.2) is 0 Å². The Bertz CT molecular complexity index is 416. The highest BCUT2D eigenvalue weighted by molar-refractivity contribution is 9.10. The summed E-state index contributed by atoms with van der Waals surface area (Å²) in [7, 11) is 1.70. The standard InChI is InChI=1S/C11H12BrF3N2/c1-17(8-5-16-6-8)10-4-7(12)2-3-9(10)11(13,14)15/h2-4,8,16H,5-6H2,1H3. The number of nitrogens with zero attached hydrogens (tertiary/aromatic N) is 1. The maximum absolute atomic E-state index is 12.9. The molecular formula is C11H12BrF3N2. The Morgan fingerprint density at radius 1 is 1.35 bits per heavy atom. The van der Waals surface area contributed by atoms with Crippen LogP contribution >= 0.6 is 15.9 Å². The third-order valence-electron chi connectivity index (χ3n) is 2.95. The fourth-order valence-electron chi connectivity index (χ4n) is 1.78. The van der Waals surface area contributed by atoms with E-state index in [0.29, 0.717) is 4.47 Å². The minimum atomic E-state index is -4.32. The van der Waals surface area contributed by atoms with Gasteiger partial charge in [-0.25, -0.2) is 0 Å². The van der Waals surface area contributed by atoms with E-state index < -0.39 is 11.7 Å². The van der Waals surface area contributed by atoms with Crippen LogP contribution in [0.15, 0.2) is 22.7 Å². The van der Waals surface area contributed by atoms with Crippen LogP contribution in [0.4, 0.5) is 18.9 Å². The van der Waals surface area contributed by atoms with E-state index in [1.807, 2.05) is 0 Å². The van der Waals surface area contributed by atoms with Crippen molar-refractivity contribution in [1.82, 2.24) is 5.32 Å². The number of hydrogen-bond donors (Lipinski definition) is 1. The Hall–Kier alpha value is -0.750. The SMILES string of the molecule is CN(c1cc(Br)ccc1C(F)(F)F)C1CNC1. The van der Waals surface area contributed by atoms with Gasteiger partial charge in [-0.05, 0) is 18.2 Å². The van der Waals surface area contributed by atoms with Crippen LogP contribution in [0.1, 0.15) is 5.56 Å². The van der Waals surface area contributed by atoms with Gasteiger partial charge in [-0.3, -0.25) is 0 Å². The van der Waals surface area contributed by atoms with Gasteiger partial charge in [0.25, 0.3) is 0 Å². The molecule has 1 aliphatic heterocycles. The summed E-state index contributed by atoms with van der Waals surface area (Å²) < 4.78 is 39.3. The smallest absolute Gasteiger partial charge is 0.369 e. The lowest BCUT2D eigenvalue weighted by Gasteiger charge is -2.38. The second-order valence-electron chi connectivity index (χ2n) is 4.08. The lowest BCUT2D eigenvalue weighted by molar-refractivity contribution is -0.137. The number of anilines is 1. The maximum Gasteiger partial charge on any atom is 0.418 e. The molecule has 0 aromatic heterocycles. The highest BCUT2D eigenvalue weighted by atomic mass is 79.9. The average molecular weight is 309 g/mol. The first-order valence-electron chi connectivity index (χ1n) is 5.20. The molecule has 1 fully saturated rings. The predicted octanol–water partition coefficient (Wildman–Crippen LogP) is 2.88. The molecule has 0 radical (unpaired) electrons. The Morgan fingerprint density at radius 3 is 2.47 bits per heavy atom. The van der Waals surface area contributed by atoms with Gasteiger partial charge >= 0.3 is 6.18 Å². The van der Waals surface area contributed by atoms with Gasteiger partial charge in [0.05, 0.1) is 17.3 Å². The second-order valence-corrected chi connectivity index (χ2v) is 5.00. The van der Waals surface area contributed by atoms with E-state index >= 15 is 0 Å². The predicted molar refractivity (Wildman–Crippen MR) is 64.2 cm³/mol. The molecule has 94 valence electrons. The fraction of sp³-hybridized carbons (Fsp3) is 0.455. The van der Waals surface area contributed by atoms with E-state index in [4.69, 9.17) is 0 Å². The topological polar surface area (TPSA) is 15.3 Å². The average Bonchev–Trinajstić information content (AvgIpc) is 2.12. The number of rotatable bonds is 2. The zero-order valence-corrected chi connectivity index (χ0v) is 10.8. The first-order valence-corrected chi connectivity index (χ1v) is 5.99. The van der Waals surface area contributed by atoms with Crippen molar-refractivity contribution in [2.75, 3.05) is 25.0 Å². The number of alkyl halides is 3. The van der Waals surface area contributed by atoms with Crippen LogP contribution in [0.2, 0.25) is 0 Å². The quantitative estimate of drug-likeness (QED) is 0.904. The summed E-state index contributed by atoms with van der Waals surface area (Å²) in [4.78, 5) is 1.68. The van der Waals surface area contributed by atoms with Crippen molar-refractivity contribution in [3.05, 3.63) is 28.2 Å². The van der Waals surface area contributed by atoms with E-state index in [-0.39, 0.29) is 11.7 Å². The van der Waals surface area contributed by atoms with Crippen LogP contribution in [0.3, 0.4) is 0 Å². The van der Waals surface area contributed by atoms with Gasteiger partial charge < -0.3 is 10.2 Å². The molecule has 0 bridgehead atoms. The summed E-state index contributed by atoms with van der Waals surface area (Å²) in [6.07, 6.45) is -4.32. The van der Waals surface area contributed by atoms with Gasteiger partial charge in [0, 0.05) is 24.6 Å². The van der Waals surface area contributed by atoms with Crippen molar-refractivity contribution in [1.29, 1.82) is 0 Å². The minimum absolute atomic E-state index is 0.130. The lowest BCUT2D eigenvalue weighted by atomic mass is 10.1. The fourth-order valence-corrected chi connectivity index (χ4v) is 2.13. The van der Waals surface area contributed by atoms with Crippen molar-refractivity contribution in [2.45, 2.75) is 12.2 Å². The van der Waals surface area contributed by atoms with Gasteiger partial charge in [-0.1, -0.05) is 15.9 Å². The van der Waals surface area contributed by atoms with Crippen LogP contribution in [-0.2, 0) is 6.18 Å². The van der Waals surface area contributed by atoms with Crippen LogP contribution < -0.4 is 10.2 Å². The van der Waals surface area contributed by atoms with Crippen LogP contribution in [0, 0.1) is 0 Å². The highest BCUT2D eigenvalue weighted by Crippen LogP contribution is 2.38. The molecule has 17 heavy (non-hydrogen) atoms. The van der Waals surface area contributed by atoms with E-state index in [1.54, 1.807) is 11.9 Å². The van der Waals surface area contributed by atoms with Crippen LogP contribution in [-0.4, -0.2) is 26.2 Å². The highest BCUT2D eigenvalue weighted by Gasteiger charge is 2.36. The summed E-state index contributed by atoms with van der Waals surface area (Å²) >= 11 is 3.21.